The second kappa shape index (κ2) is 11.5. The zero-order chi connectivity index (χ0) is 33.0. The Hall–Kier alpha value is -6.64. The molecule has 10 aromatic rings. The quantitative estimate of drug-likeness (QED) is 0.180. The van der Waals surface area contributed by atoms with E-state index in [1.807, 2.05) is 18.5 Å². The molecule has 232 valence electrons. The fourth-order valence-corrected chi connectivity index (χ4v) is 7.73. The minimum atomic E-state index is 0.963. The topological polar surface area (TPSA) is 25.8 Å². The zero-order valence-corrected chi connectivity index (χ0v) is 27.2. The van der Waals surface area contributed by atoms with Crippen molar-refractivity contribution in [2.75, 3.05) is 0 Å². The summed E-state index contributed by atoms with van der Waals surface area (Å²) >= 11 is 0. The van der Waals surface area contributed by atoms with Gasteiger partial charge in [-0.05, 0) is 113 Å². The van der Waals surface area contributed by atoms with Crippen molar-refractivity contribution < 1.29 is 0 Å². The summed E-state index contributed by atoms with van der Waals surface area (Å²) in [7, 11) is 0. The minimum absolute atomic E-state index is 0.963. The Morgan fingerprint density at radius 2 is 0.880 bits per heavy atom. The van der Waals surface area contributed by atoms with Crippen LogP contribution in [0, 0.1) is 0 Å². The predicted octanol–water partition coefficient (Wildman–Crippen LogP) is 12.9. The number of hydrogen-bond donors (Lipinski definition) is 0. The molecule has 0 saturated heterocycles. The van der Waals surface area contributed by atoms with E-state index >= 15 is 0 Å². The van der Waals surface area contributed by atoms with E-state index < -0.39 is 0 Å². The van der Waals surface area contributed by atoms with Gasteiger partial charge in [-0.15, -0.1) is 0 Å². The summed E-state index contributed by atoms with van der Waals surface area (Å²) in [6, 6.07) is 61.4. The molecule has 0 amide bonds. The van der Waals surface area contributed by atoms with Gasteiger partial charge in [-0.1, -0.05) is 127 Å². The standard InChI is InChI=1S/C48H30N2/c1-3-16-37-33(11-1)26-43(41-20-7-5-18-39(37)41)35-22-23-47-46(28-35)44(32-14-9-13-31(25-32)36-15-10-24-49-30-36)29-48(50-47)45-27-34-12-2-4-17-38(34)40-19-6-8-21-42(40)45/h1-30H. The van der Waals surface area contributed by atoms with Gasteiger partial charge in [-0.2, -0.15) is 0 Å². The molecule has 50 heavy (non-hydrogen) atoms. The van der Waals surface area contributed by atoms with Crippen molar-refractivity contribution in [2.24, 2.45) is 0 Å². The fraction of sp³-hybridized carbons (Fsp3) is 0. The van der Waals surface area contributed by atoms with Gasteiger partial charge in [0.2, 0.25) is 0 Å². The first kappa shape index (κ1) is 28.4. The molecule has 0 spiro atoms. The third-order valence-corrected chi connectivity index (χ3v) is 10.1. The van der Waals surface area contributed by atoms with Gasteiger partial charge in [-0.3, -0.25) is 4.98 Å². The summed E-state index contributed by atoms with van der Waals surface area (Å²) in [5.41, 5.74) is 9.99. The Labute approximate surface area is 290 Å². The molecule has 2 aromatic heterocycles. The summed E-state index contributed by atoms with van der Waals surface area (Å²) in [4.78, 5) is 9.81. The third-order valence-electron chi connectivity index (χ3n) is 10.1. The fourth-order valence-electron chi connectivity index (χ4n) is 7.73. The van der Waals surface area contributed by atoms with Crippen LogP contribution in [-0.4, -0.2) is 9.97 Å². The average molecular weight is 635 g/mol. The van der Waals surface area contributed by atoms with E-state index in [2.05, 4.69) is 169 Å². The smallest absolute Gasteiger partial charge is 0.0722 e. The summed E-state index contributed by atoms with van der Waals surface area (Å²) in [5.74, 6) is 0. The SMILES string of the molecule is c1cncc(-c2cccc(-c3cc(-c4cc5ccccc5c5ccccc45)nc4ccc(-c5cc6ccccc6c6ccccc56)cc34)c2)c1. The van der Waals surface area contributed by atoms with Gasteiger partial charge in [0.15, 0.2) is 0 Å². The highest BCUT2D eigenvalue weighted by molar-refractivity contribution is 6.16. The summed E-state index contributed by atoms with van der Waals surface area (Å²) in [6.45, 7) is 0. The summed E-state index contributed by atoms with van der Waals surface area (Å²) in [5, 5.41) is 11.0. The minimum Gasteiger partial charge on any atom is -0.264 e. The molecule has 0 fully saturated rings. The van der Waals surface area contributed by atoms with Crippen LogP contribution in [0.4, 0.5) is 0 Å². The Kier molecular flexibility index (Phi) is 6.53. The molecule has 8 aromatic carbocycles. The van der Waals surface area contributed by atoms with Crippen LogP contribution in [0.25, 0.3) is 98.6 Å². The molecule has 0 radical (unpaired) electrons. The molecule has 0 atom stereocenters. The lowest BCUT2D eigenvalue weighted by atomic mass is 9.90. The number of pyridine rings is 2. The number of hydrogen-bond acceptors (Lipinski definition) is 2. The average Bonchev–Trinajstić information content (AvgIpc) is 3.20. The Bertz CT molecular complexity index is 2920. The highest BCUT2D eigenvalue weighted by atomic mass is 14.7. The number of benzene rings is 8. The van der Waals surface area contributed by atoms with Crippen LogP contribution >= 0.6 is 0 Å². The summed E-state index contributed by atoms with van der Waals surface area (Å²) in [6.07, 6.45) is 3.75. The monoisotopic (exact) mass is 634 g/mol. The molecular formula is C48H30N2. The van der Waals surface area contributed by atoms with Gasteiger partial charge in [0.1, 0.15) is 0 Å². The maximum atomic E-state index is 5.41. The van der Waals surface area contributed by atoms with E-state index in [-0.39, 0.29) is 0 Å². The molecule has 2 nitrogen and oxygen atoms in total. The third kappa shape index (κ3) is 4.65. The van der Waals surface area contributed by atoms with Gasteiger partial charge >= 0.3 is 0 Å². The summed E-state index contributed by atoms with van der Waals surface area (Å²) < 4.78 is 0. The van der Waals surface area contributed by atoms with E-state index in [1.54, 1.807) is 0 Å². The maximum absolute atomic E-state index is 5.41. The molecule has 0 aliphatic rings. The van der Waals surface area contributed by atoms with Crippen molar-refractivity contribution >= 4 is 54.0 Å². The molecule has 0 bridgehead atoms. The lowest BCUT2D eigenvalue weighted by Crippen LogP contribution is -1.93. The van der Waals surface area contributed by atoms with Crippen LogP contribution in [0.15, 0.2) is 182 Å². The van der Waals surface area contributed by atoms with E-state index in [9.17, 15) is 0 Å². The second-order valence-corrected chi connectivity index (χ2v) is 13.0. The van der Waals surface area contributed by atoms with Gasteiger partial charge in [0, 0.05) is 28.9 Å². The predicted molar refractivity (Wildman–Crippen MR) is 211 cm³/mol. The van der Waals surface area contributed by atoms with E-state index in [1.165, 1.54) is 54.2 Å². The van der Waals surface area contributed by atoms with Crippen LogP contribution in [0.3, 0.4) is 0 Å². The van der Waals surface area contributed by atoms with Crippen LogP contribution in [0.5, 0.6) is 0 Å². The van der Waals surface area contributed by atoms with Crippen LogP contribution in [0.1, 0.15) is 0 Å². The highest BCUT2D eigenvalue weighted by Crippen LogP contribution is 2.41. The number of aromatic nitrogens is 2. The molecular weight excluding hydrogens is 605 g/mol. The molecule has 0 unspecified atom stereocenters. The molecule has 0 aliphatic heterocycles. The van der Waals surface area contributed by atoms with Gasteiger partial charge < -0.3 is 0 Å². The first-order chi connectivity index (χ1) is 24.8. The highest BCUT2D eigenvalue weighted by Gasteiger charge is 2.16. The first-order valence-electron chi connectivity index (χ1n) is 17.1. The second-order valence-electron chi connectivity index (χ2n) is 13.0. The normalized spacial score (nSPS) is 11.6. The number of nitrogens with zero attached hydrogens (tertiary/aromatic N) is 2. The van der Waals surface area contributed by atoms with Gasteiger partial charge in [0.05, 0.1) is 11.2 Å². The van der Waals surface area contributed by atoms with Gasteiger partial charge in [0.25, 0.3) is 0 Å². The molecule has 2 heterocycles. The van der Waals surface area contributed by atoms with E-state index in [0.29, 0.717) is 0 Å². The van der Waals surface area contributed by atoms with Gasteiger partial charge in [-0.25, -0.2) is 4.98 Å². The Morgan fingerprint density at radius 1 is 0.320 bits per heavy atom. The lowest BCUT2D eigenvalue weighted by Gasteiger charge is -2.16. The maximum Gasteiger partial charge on any atom is 0.0722 e. The molecule has 0 aliphatic carbocycles. The van der Waals surface area contributed by atoms with Crippen LogP contribution in [0.2, 0.25) is 0 Å². The number of rotatable bonds is 4. The Morgan fingerprint density at radius 3 is 1.58 bits per heavy atom. The van der Waals surface area contributed by atoms with Crippen molar-refractivity contribution in [3.63, 3.8) is 0 Å². The van der Waals surface area contributed by atoms with Crippen molar-refractivity contribution in [1.29, 1.82) is 0 Å². The van der Waals surface area contributed by atoms with Crippen LogP contribution in [-0.2, 0) is 0 Å². The van der Waals surface area contributed by atoms with Crippen molar-refractivity contribution in [3.8, 4) is 44.6 Å². The molecule has 0 N–H and O–H groups in total. The lowest BCUT2D eigenvalue weighted by molar-refractivity contribution is 1.33. The number of fused-ring (bicyclic) bond motifs is 7. The van der Waals surface area contributed by atoms with Crippen LogP contribution < -0.4 is 0 Å². The largest absolute Gasteiger partial charge is 0.264 e. The molecule has 2 heteroatoms. The van der Waals surface area contributed by atoms with Crippen molar-refractivity contribution in [1.82, 2.24) is 9.97 Å². The van der Waals surface area contributed by atoms with Crippen molar-refractivity contribution in [3.05, 3.63) is 182 Å². The molecule has 0 saturated carbocycles. The van der Waals surface area contributed by atoms with E-state index in [4.69, 9.17) is 4.98 Å². The zero-order valence-electron chi connectivity index (χ0n) is 27.2. The first-order valence-corrected chi connectivity index (χ1v) is 17.1. The molecule has 10 rings (SSSR count). The van der Waals surface area contributed by atoms with E-state index in [0.717, 1.165) is 44.4 Å². The van der Waals surface area contributed by atoms with Crippen molar-refractivity contribution in [2.45, 2.75) is 0 Å². The Balaban J connectivity index is 1.26.